The van der Waals surface area contributed by atoms with Crippen LogP contribution >= 0.6 is 0 Å². The number of nitrogens with zero attached hydrogens (tertiary/aromatic N) is 4. The van der Waals surface area contributed by atoms with Gasteiger partial charge in [0, 0.05) is 25.9 Å². The lowest BCUT2D eigenvalue weighted by molar-refractivity contribution is 0.494. The van der Waals surface area contributed by atoms with Crippen LogP contribution in [0.4, 0.5) is 0 Å². The number of imidazole rings is 1. The molecule has 0 fully saturated rings. The summed E-state index contributed by atoms with van der Waals surface area (Å²) in [6, 6.07) is -0.00421. The predicted octanol–water partition coefficient (Wildman–Crippen LogP) is -0.325. The highest BCUT2D eigenvalue weighted by Crippen LogP contribution is 2.14. The molecule has 2 aromatic heterocycles. The van der Waals surface area contributed by atoms with Gasteiger partial charge in [-0.2, -0.15) is 15.4 Å². The number of rotatable bonds is 5. The van der Waals surface area contributed by atoms with Gasteiger partial charge in [-0.3, -0.25) is 11.3 Å². The summed E-state index contributed by atoms with van der Waals surface area (Å²) in [5, 5.41) is 10.3. The lowest BCUT2D eigenvalue weighted by Gasteiger charge is -2.12. The van der Waals surface area contributed by atoms with E-state index in [2.05, 4.69) is 25.8 Å². The molecule has 1 unspecified atom stereocenters. The van der Waals surface area contributed by atoms with E-state index >= 15 is 0 Å². The largest absolute Gasteiger partial charge is 0.338 e. The van der Waals surface area contributed by atoms with Gasteiger partial charge in [0.05, 0.1) is 12.2 Å². The van der Waals surface area contributed by atoms with E-state index < -0.39 is 0 Å². The molecule has 0 saturated heterocycles. The highest BCUT2D eigenvalue weighted by molar-refractivity contribution is 5.01. The molecule has 4 N–H and O–H groups in total. The zero-order chi connectivity index (χ0) is 11.4. The van der Waals surface area contributed by atoms with Crippen molar-refractivity contribution in [2.75, 3.05) is 0 Å². The van der Waals surface area contributed by atoms with Crippen LogP contribution in [0, 0.1) is 0 Å². The van der Waals surface area contributed by atoms with Crippen LogP contribution in [-0.2, 0) is 13.5 Å². The third kappa shape index (κ3) is 2.26. The van der Waals surface area contributed by atoms with Crippen molar-refractivity contribution in [2.45, 2.75) is 18.9 Å². The molecule has 86 valence electrons. The Morgan fingerprint density at radius 2 is 2.50 bits per heavy atom. The zero-order valence-corrected chi connectivity index (χ0v) is 9.09. The summed E-state index contributed by atoms with van der Waals surface area (Å²) in [7, 11) is 1.98. The van der Waals surface area contributed by atoms with Crippen LogP contribution in [0.5, 0.6) is 0 Å². The van der Waals surface area contributed by atoms with Crippen molar-refractivity contribution < 1.29 is 0 Å². The Labute approximate surface area is 93.0 Å². The topological polar surface area (TPSA) is 97.4 Å². The van der Waals surface area contributed by atoms with Crippen LogP contribution in [-0.4, -0.2) is 25.0 Å². The van der Waals surface area contributed by atoms with E-state index in [0.29, 0.717) is 0 Å². The maximum atomic E-state index is 5.48. The van der Waals surface area contributed by atoms with Gasteiger partial charge in [-0.25, -0.2) is 4.98 Å². The maximum absolute atomic E-state index is 5.48. The molecule has 0 radical (unpaired) electrons. The molecule has 0 aromatic carbocycles. The fourth-order valence-electron chi connectivity index (χ4n) is 1.61. The standard InChI is InChI=1S/C9H15N7/c1-16-5-4-11-9(16)3-2-7(13-10)8-6-12-15-14-8/h4-7,13H,2-3,10H2,1H3,(H,12,14,15). The molecule has 0 saturated carbocycles. The fourth-order valence-corrected chi connectivity index (χ4v) is 1.61. The molecule has 2 rings (SSSR count). The minimum atomic E-state index is -0.00421. The van der Waals surface area contributed by atoms with Crippen molar-refractivity contribution in [3.05, 3.63) is 30.1 Å². The Morgan fingerprint density at radius 3 is 3.06 bits per heavy atom. The van der Waals surface area contributed by atoms with Crippen LogP contribution < -0.4 is 11.3 Å². The molecule has 16 heavy (non-hydrogen) atoms. The van der Waals surface area contributed by atoms with Crippen LogP contribution in [0.3, 0.4) is 0 Å². The number of H-pyrrole nitrogens is 1. The summed E-state index contributed by atoms with van der Waals surface area (Å²) in [6.07, 6.45) is 7.05. The summed E-state index contributed by atoms with van der Waals surface area (Å²) in [5.74, 6) is 6.51. The number of aromatic nitrogens is 5. The van der Waals surface area contributed by atoms with E-state index in [4.69, 9.17) is 5.84 Å². The van der Waals surface area contributed by atoms with Crippen LogP contribution in [0.1, 0.15) is 24.0 Å². The predicted molar refractivity (Wildman–Crippen MR) is 58.0 cm³/mol. The summed E-state index contributed by atoms with van der Waals surface area (Å²) in [4.78, 5) is 4.25. The number of aryl methyl sites for hydroxylation is 2. The lowest BCUT2D eigenvalue weighted by atomic mass is 10.1. The van der Waals surface area contributed by atoms with Crippen LogP contribution in [0.25, 0.3) is 0 Å². The van der Waals surface area contributed by atoms with Crippen LogP contribution in [0.2, 0.25) is 0 Å². The number of nitrogens with two attached hydrogens (primary N) is 1. The average molecular weight is 221 g/mol. The molecular formula is C9H15N7. The smallest absolute Gasteiger partial charge is 0.108 e. The summed E-state index contributed by atoms with van der Waals surface area (Å²) in [5.41, 5.74) is 3.54. The molecule has 0 aliphatic carbocycles. The van der Waals surface area contributed by atoms with E-state index in [0.717, 1.165) is 24.4 Å². The van der Waals surface area contributed by atoms with Crippen molar-refractivity contribution in [1.82, 2.24) is 30.4 Å². The maximum Gasteiger partial charge on any atom is 0.108 e. The Balaban J connectivity index is 1.96. The van der Waals surface area contributed by atoms with Gasteiger partial charge in [-0.05, 0) is 6.42 Å². The minimum absolute atomic E-state index is 0.00421. The Hall–Kier alpha value is -1.73. The SMILES string of the molecule is Cn1ccnc1CCC(NN)c1cn[nH]n1. The van der Waals surface area contributed by atoms with Crippen molar-refractivity contribution in [2.24, 2.45) is 12.9 Å². The van der Waals surface area contributed by atoms with Crippen molar-refractivity contribution in [3.63, 3.8) is 0 Å². The van der Waals surface area contributed by atoms with Gasteiger partial charge in [0.25, 0.3) is 0 Å². The quantitative estimate of drug-likeness (QED) is 0.474. The minimum Gasteiger partial charge on any atom is -0.338 e. The molecule has 0 amide bonds. The van der Waals surface area contributed by atoms with Gasteiger partial charge in [0.15, 0.2) is 0 Å². The lowest BCUT2D eigenvalue weighted by Crippen LogP contribution is -2.29. The summed E-state index contributed by atoms with van der Waals surface area (Å²) in [6.45, 7) is 0. The number of aromatic amines is 1. The molecule has 7 heteroatoms. The second-order valence-corrected chi connectivity index (χ2v) is 3.61. The molecule has 7 nitrogen and oxygen atoms in total. The number of nitrogens with one attached hydrogen (secondary N) is 2. The highest BCUT2D eigenvalue weighted by Gasteiger charge is 2.13. The number of hydrogen-bond donors (Lipinski definition) is 3. The number of hydrogen-bond acceptors (Lipinski definition) is 5. The first-order valence-corrected chi connectivity index (χ1v) is 5.09. The summed E-state index contributed by atoms with van der Waals surface area (Å²) < 4.78 is 2.00. The highest BCUT2D eigenvalue weighted by atomic mass is 15.3. The van der Waals surface area contributed by atoms with E-state index in [1.807, 2.05) is 17.8 Å². The van der Waals surface area contributed by atoms with Crippen molar-refractivity contribution >= 4 is 0 Å². The number of hydrazine groups is 1. The molecule has 2 aromatic rings. The van der Waals surface area contributed by atoms with Gasteiger partial charge < -0.3 is 4.57 Å². The normalized spacial score (nSPS) is 12.9. The van der Waals surface area contributed by atoms with Gasteiger partial charge in [0.2, 0.25) is 0 Å². The second-order valence-electron chi connectivity index (χ2n) is 3.61. The first kappa shape index (κ1) is 10.8. The Bertz CT molecular complexity index is 419. The second kappa shape index (κ2) is 4.86. The van der Waals surface area contributed by atoms with E-state index in [9.17, 15) is 0 Å². The third-order valence-corrected chi connectivity index (χ3v) is 2.57. The van der Waals surface area contributed by atoms with Gasteiger partial charge in [-0.1, -0.05) is 0 Å². The van der Waals surface area contributed by atoms with Crippen molar-refractivity contribution in [3.8, 4) is 0 Å². The molecule has 0 bridgehead atoms. The van der Waals surface area contributed by atoms with Crippen molar-refractivity contribution in [1.29, 1.82) is 0 Å². The monoisotopic (exact) mass is 221 g/mol. The molecule has 0 aliphatic rings. The first-order valence-electron chi connectivity index (χ1n) is 5.09. The first-order chi connectivity index (χ1) is 7.81. The fraction of sp³-hybridized carbons (Fsp3) is 0.444. The third-order valence-electron chi connectivity index (χ3n) is 2.57. The molecule has 0 spiro atoms. The molecule has 0 aliphatic heterocycles. The zero-order valence-electron chi connectivity index (χ0n) is 9.09. The average Bonchev–Trinajstić information content (AvgIpc) is 2.92. The summed E-state index contributed by atoms with van der Waals surface area (Å²) >= 11 is 0. The Morgan fingerprint density at radius 1 is 1.62 bits per heavy atom. The molecule has 2 heterocycles. The molecular weight excluding hydrogens is 206 g/mol. The van der Waals surface area contributed by atoms with E-state index in [-0.39, 0.29) is 6.04 Å². The van der Waals surface area contributed by atoms with Gasteiger partial charge in [-0.15, -0.1) is 0 Å². The molecule has 1 atom stereocenters. The van der Waals surface area contributed by atoms with Gasteiger partial charge >= 0.3 is 0 Å². The van der Waals surface area contributed by atoms with E-state index in [1.165, 1.54) is 0 Å². The van der Waals surface area contributed by atoms with E-state index in [1.54, 1.807) is 12.4 Å². The van der Waals surface area contributed by atoms with Crippen LogP contribution in [0.15, 0.2) is 18.6 Å². The Kier molecular flexibility index (Phi) is 3.28. The van der Waals surface area contributed by atoms with Gasteiger partial charge in [0.1, 0.15) is 11.5 Å².